The molecule has 4 nitrogen and oxygen atoms in total. The summed E-state index contributed by atoms with van der Waals surface area (Å²) in [5.41, 5.74) is 1.03. The van der Waals surface area contributed by atoms with Crippen LogP contribution in [0.15, 0.2) is 42.6 Å². The van der Waals surface area contributed by atoms with E-state index in [1.54, 1.807) is 13.3 Å². The summed E-state index contributed by atoms with van der Waals surface area (Å²) in [6, 6.07) is 11.8. The topological polar surface area (TPSA) is 43.4 Å². The molecule has 106 valence electrons. The fourth-order valence-corrected chi connectivity index (χ4v) is 2.02. The van der Waals surface area contributed by atoms with Crippen molar-refractivity contribution in [2.24, 2.45) is 0 Å². The van der Waals surface area contributed by atoms with Gasteiger partial charge < -0.3 is 14.8 Å². The number of aromatic nitrogens is 1. The second-order valence-electron chi connectivity index (χ2n) is 4.19. The fraction of sp³-hybridized carbons (Fsp3) is 0.267. The Morgan fingerprint density at radius 2 is 2.00 bits per heavy atom. The first-order chi connectivity index (χ1) is 9.79. The molecule has 5 heteroatoms. The van der Waals surface area contributed by atoms with Crippen LogP contribution in [0.1, 0.15) is 5.56 Å². The molecule has 0 atom stereocenters. The average Bonchev–Trinajstić information content (AvgIpc) is 2.47. The zero-order valence-corrected chi connectivity index (χ0v) is 13.5. The highest BCUT2D eigenvalue weighted by atomic mass is 127. The predicted molar refractivity (Wildman–Crippen MR) is 87.1 cm³/mol. The fourth-order valence-electron chi connectivity index (χ4n) is 1.66. The lowest BCUT2D eigenvalue weighted by Crippen LogP contribution is -2.19. The van der Waals surface area contributed by atoms with Crippen LogP contribution in [0.3, 0.4) is 0 Å². The van der Waals surface area contributed by atoms with Gasteiger partial charge in [0, 0.05) is 35.5 Å². The van der Waals surface area contributed by atoms with E-state index in [1.807, 2.05) is 36.4 Å². The monoisotopic (exact) mass is 384 g/mol. The average molecular weight is 384 g/mol. The quantitative estimate of drug-likeness (QED) is 0.588. The Morgan fingerprint density at radius 3 is 2.75 bits per heavy atom. The molecule has 0 aliphatic carbocycles. The van der Waals surface area contributed by atoms with Crippen LogP contribution < -0.4 is 10.1 Å². The molecule has 0 fully saturated rings. The molecule has 0 unspecified atom stereocenters. The molecular formula is C15H17IN2O2. The molecular weight excluding hydrogens is 367 g/mol. The SMILES string of the molecule is COCCNCc1cccnc1Oc1ccc(I)cc1. The van der Waals surface area contributed by atoms with Crippen molar-refractivity contribution < 1.29 is 9.47 Å². The van der Waals surface area contributed by atoms with Gasteiger partial charge in [-0.15, -0.1) is 0 Å². The van der Waals surface area contributed by atoms with Crippen molar-refractivity contribution in [2.75, 3.05) is 20.3 Å². The van der Waals surface area contributed by atoms with Gasteiger partial charge in [0.2, 0.25) is 5.88 Å². The van der Waals surface area contributed by atoms with Crippen molar-refractivity contribution >= 4 is 22.6 Å². The normalized spacial score (nSPS) is 10.5. The Labute approximate surface area is 132 Å². The zero-order valence-electron chi connectivity index (χ0n) is 11.3. The number of nitrogens with zero attached hydrogens (tertiary/aromatic N) is 1. The van der Waals surface area contributed by atoms with E-state index < -0.39 is 0 Å². The van der Waals surface area contributed by atoms with Crippen molar-refractivity contribution in [1.29, 1.82) is 0 Å². The van der Waals surface area contributed by atoms with Crippen molar-refractivity contribution in [1.82, 2.24) is 10.3 Å². The minimum absolute atomic E-state index is 0.638. The summed E-state index contributed by atoms with van der Waals surface area (Å²) in [7, 11) is 1.69. The summed E-state index contributed by atoms with van der Waals surface area (Å²) in [4.78, 5) is 4.30. The Balaban J connectivity index is 2.01. The van der Waals surface area contributed by atoms with Gasteiger partial charge >= 0.3 is 0 Å². The van der Waals surface area contributed by atoms with Crippen molar-refractivity contribution in [2.45, 2.75) is 6.54 Å². The number of hydrogen-bond donors (Lipinski definition) is 1. The number of pyridine rings is 1. The minimum Gasteiger partial charge on any atom is -0.439 e. The molecule has 0 saturated heterocycles. The summed E-state index contributed by atoms with van der Waals surface area (Å²) in [5.74, 6) is 1.43. The van der Waals surface area contributed by atoms with E-state index in [0.29, 0.717) is 19.0 Å². The number of ether oxygens (including phenoxy) is 2. The molecule has 1 N–H and O–H groups in total. The van der Waals surface area contributed by atoms with E-state index in [0.717, 1.165) is 17.9 Å². The number of halogens is 1. The zero-order chi connectivity index (χ0) is 14.2. The van der Waals surface area contributed by atoms with Gasteiger partial charge in [0.25, 0.3) is 0 Å². The highest BCUT2D eigenvalue weighted by Crippen LogP contribution is 2.23. The van der Waals surface area contributed by atoms with Gasteiger partial charge in [-0.3, -0.25) is 0 Å². The molecule has 0 saturated carbocycles. The predicted octanol–water partition coefficient (Wildman–Crippen LogP) is 3.21. The molecule has 1 aromatic heterocycles. The van der Waals surface area contributed by atoms with Crippen molar-refractivity contribution in [3.05, 3.63) is 51.7 Å². The molecule has 0 radical (unpaired) electrons. The van der Waals surface area contributed by atoms with Crippen LogP contribution in [0.5, 0.6) is 11.6 Å². The Morgan fingerprint density at radius 1 is 1.20 bits per heavy atom. The van der Waals surface area contributed by atoms with Gasteiger partial charge in [0.1, 0.15) is 5.75 Å². The molecule has 1 heterocycles. The van der Waals surface area contributed by atoms with E-state index in [9.17, 15) is 0 Å². The maximum Gasteiger partial charge on any atom is 0.223 e. The smallest absolute Gasteiger partial charge is 0.223 e. The van der Waals surface area contributed by atoms with Crippen LogP contribution in [-0.4, -0.2) is 25.2 Å². The van der Waals surface area contributed by atoms with E-state index in [-0.39, 0.29) is 0 Å². The number of rotatable bonds is 7. The number of methoxy groups -OCH3 is 1. The van der Waals surface area contributed by atoms with E-state index in [1.165, 1.54) is 3.57 Å². The Kier molecular flexibility index (Phi) is 6.23. The summed E-state index contributed by atoms with van der Waals surface area (Å²) in [5, 5.41) is 3.29. The van der Waals surface area contributed by atoms with E-state index in [4.69, 9.17) is 9.47 Å². The minimum atomic E-state index is 0.638. The molecule has 0 bridgehead atoms. The summed E-state index contributed by atoms with van der Waals surface area (Å²) < 4.78 is 12.0. The molecule has 0 spiro atoms. The van der Waals surface area contributed by atoms with Crippen molar-refractivity contribution in [3.63, 3.8) is 0 Å². The second-order valence-corrected chi connectivity index (χ2v) is 5.44. The largest absolute Gasteiger partial charge is 0.439 e. The Bertz CT molecular complexity index is 532. The highest BCUT2D eigenvalue weighted by molar-refractivity contribution is 14.1. The van der Waals surface area contributed by atoms with Gasteiger partial charge in [-0.05, 0) is 52.9 Å². The molecule has 0 amide bonds. The summed E-state index contributed by atoms with van der Waals surface area (Å²) in [6.45, 7) is 2.19. The molecule has 1 aromatic carbocycles. The third-order valence-electron chi connectivity index (χ3n) is 2.68. The van der Waals surface area contributed by atoms with Crippen LogP contribution in [0.25, 0.3) is 0 Å². The molecule has 0 aliphatic heterocycles. The Hall–Kier alpha value is -1.18. The molecule has 2 rings (SSSR count). The second kappa shape index (κ2) is 8.18. The van der Waals surface area contributed by atoms with E-state index >= 15 is 0 Å². The summed E-state index contributed by atoms with van der Waals surface area (Å²) >= 11 is 2.27. The maximum absolute atomic E-state index is 5.84. The lowest BCUT2D eigenvalue weighted by molar-refractivity contribution is 0.199. The van der Waals surface area contributed by atoms with Gasteiger partial charge in [-0.25, -0.2) is 4.98 Å². The lowest BCUT2D eigenvalue weighted by Gasteiger charge is -2.10. The highest BCUT2D eigenvalue weighted by Gasteiger charge is 2.05. The molecule has 0 aliphatic rings. The molecule has 20 heavy (non-hydrogen) atoms. The standard InChI is InChI=1S/C15H17IN2O2/c1-19-10-9-17-11-12-3-2-8-18-15(12)20-14-6-4-13(16)5-7-14/h2-8,17H,9-11H2,1H3. The number of hydrogen-bond acceptors (Lipinski definition) is 4. The van der Waals surface area contributed by atoms with Gasteiger partial charge in [-0.2, -0.15) is 0 Å². The first-order valence-electron chi connectivity index (χ1n) is 6.36. The third-order valence-corrected chi connectivity index (χ3v) is 3.40. The van der Waals surface area contributed by atoms with Gasteiger partial charge in [0.05, 0.1) is 6.61 Å². The van der Waals surface area contributed by atoms with Crippen LogP contribution in [0.2, 0.25) is 0 Å². The van der Waals surface area contributed by atoms with Gasteiger partial charge in [-0.1, -0.05) is 6.07 Å². The van der Waals surface area contributed by atoms with Crippen LogP contribution in [0.4, 0.5) is 0 Å². The van der Waals surface area contributed by atoms with Crippen LogP contribution in [-0.2, 0) is 11.3 Å². The van der Waals surface area contributed by atoms with Crippen molar-refractivity contribution in [3.8, 4) is 11.6 Å². The van der Waals surface area contributed by atoms with Crippen LogP contribution in [0, 0.1) is 3.57 Å². The lowest BCUT2D eigenvalue weighted by atomic mass is 10.2. The summed E-state index contributed by atoms with van der Waals surface area (Å²) in [6.07, 6.45) is 1.74. The van der Waals surface area contributed by atoms with Crippen LogP contribution >= 0.6 is 22.6 Å². The first-order valence-corrected chi connectivity index (χ1v) is 7.44. The number of benzene rings is 1. The number of nitrogens with one attached hydrogen (secondary N) is 1. The van der Waals surface area contributed by atoms with E-state index in [2.05, 4.69) is 32.9 Å². The first kappa shape index (κ1) is 15.2. The molecule has 2 aromatic rings. The maximum atomic E-state index is 5.84. The van der Waals surface area contributed by atoms with Gasteiger partial charge in [0.15, 0.2) is 0 Å². The third kappa shape index (κ3) is 4.73.